The molecule has 6 nitrogen and oxygen atoms in total. The van der Waals surface area contributed by atoms with E-state index in [1.165, 1.54) is 6.33 Å². The van der Waals surface area contributed by atoms with Crippen molar-refractivity contribution >= 4 is 34.6 Å². The van der Waals surface area contributed by atoms with Gasteiger partial charge in [0.2, 0.25) is 0 Å². The number of hydrogen-bond acceptors (Lipinski definition) is 6. The molecule has 1 saturated heterocycles. The summed E-state index contributed by atoms with van der Waals surface area (Å²) in [6, 6.07) is 5.94. The number of nitrogen functional groups attached to an aromatic ring is 1. The molecule has 146 valence electrons. The topological polar surface area (TPSA) is 87.9 Å². The monoisotopic (exact) mass is 388 g/mol. The molecule has 0 amide bonds. The Morgan fingerprint density at radius 2 is 1.74 bits per heavy atom. The lowest BCUT2D eigenvalue weighted by Gasteiger charge is -2.46. The molecule has 1 aromatic carbocycles. The molecule has 0 bridgehead atoms. The average molecular weight is 389 g/mol. The molecule has 3 rings (SSSR count). The molecule has 1 aliphatic heterocycles. The van der Waals surface area contributed by atoms with Crippen LogP contribution in [-0.4, -0.2) is 27.1 Å². The summed E-state index contributed by atoms with van der Waals surface area (Å²) in [6.07, 6.45) is 3.50. The first-order chi connectivity index (χ1) is 12.5. The summed E-state index contributed by atoms with van der Waals surface area (Å²) in [5.41, 5.74) is 8.92. The Hall–Kier alpha value is -2.05. The second-order valence-electron chi connectivity index (χ2n) is 8.71. The Morgan fingerprint density at radius 1 is 1.11 bits per heavy atom. The maximum atomic E-state index is 6.37. The molecule has 0 aliphatic carbocycles. The first-order valence-corrected chi connectivity index (χ1v) is 9.62. The van der Waals surface area contributed by atoms with E-state index in [2.05, 4.69) is 53.6 Å². The zero-order valence-electron chi connectivity index (χ0n) is 16.7. The highest BCUT2D eigenvalue weighted by Gasteiger charge is 2.37. The molecule has 7 heteroatoms. The molecule has 1 aromatic heterocycles. The van der Waals surface area contributed by atoms with Crippen LogP contribution >= 0.6 is 11.6 Å². The van der Waals surface area contributed by atoms with Gasteiger partial charge in [-0.1, -0.05) is 11.6 Å². The standard InChI is InChI=1S/C20H29ClN6/c1-12-8-13(21)6-7-15(12)26-18-16(22)17(23-11-24-18)25-14-9-19(2,3)27-20(4,5)10-14/h6-8,11,14,27H,9-10,22H2,1-5H3,(H2,23,24,25,26). The van der Waals surface area contributed by atoms with E-state index in [-0.39, 0.29) is 17.1 Å². The van der Waals surface area contributed by atoms with Gasteiger partial charge in [0.15, 0.2) is 11.6 Å². The van der Waals surface area contributed by atoms with E-state index < -0.39 is 0 Å². The van der Waals surface area contributed by atoms with Crippen LogP contribution in [0.25, 0.3) is 0 Å². The van der Waals surface area contributed by atoms with Crippen LogP contribution in [0.3, 0.4) is 0 Å². The van der Waals surface area contributed by atoms with Crippen LogP contribution in [-0.2, 0) is 0 Å². The maximum absolute atomic E-state index is 6.37. The fraction of sp³-hybridized carbons (Fsp3) is 0.500. The molecule has 2 heterocycles. The number of anilines is 4. The predicted octanol–water partition coefficient (Wildman–Crippen LogP) is 4.49. The van der Waals surface area contributed by atoms with E-state index in [0.29, 0.717) is 22.3 Å². The summed E-state index contributed by atoms with van der Waals surface area (Å²) in [4.78, 5) is 8.69. The molecule has 2 aromatic rings. The van der Waals surface area contributed by atoms with Crippen LogP contribution in [0.1, 0.15) is 46.1 Å². The van der Waals surface area contributed by atoms with Crippen molar-refractivity contribution in [2.75, 3.05) is 16.4 Å². The smallest absolute Gasteiger partial charge is 0.159 e. The van der Waals surface area contributed by atoms with Crippen LogP contribution in [0, 0.1) is 6.92 Å². The zero-order valence-corrected chi connectivity index (χ0v) is 17.4. The quantitative estimate of drug-likeness (QED) is 0.617. The first-order valence-electron chi connectivity index (χ1n) is 9.24. The van der Waals surface area contributed by atoms with Gasteiger partial charge in [-0.05, 0) is 71.2 Å². The molecule has 0 saturated carbocycles. The Labute approximate surface area is 166 Å². The van der Waals surface area contributed by atoms with Gasteiger partial charge >= 0.3 is 0 Å². The van der Waals surface area contributed by atoms with Crippen molar-refractivity contribution in [2.24, 2.45) is 0 Å². The number of hydrogen-bond donors (Lipinski definition) is 4. The normalized spacial score (nSPS) is 18.9. The van der Waals surface area contributed by atoms with Crippen molar-refractivity contribution < 1.29 is 0 Å². The maximum Gasteiger partial charge on any atom is 0.159 e. The Balaban J connectivity index is 1.81. The van der Waals surface area contributed by atoms with E-state index in [1.807, 2.05) is 25.1 Å². The summed E-state index contributed by atoms with van der Waals surface area (Å²) >= 11 is 6.04. The minimum Gasteiger partial charge on any atom is -0.393 e. The van der Waals surface area contributed by atoms with E-state index >= 15 is 0 Å². The molecule has 27 heavy (non-hydrogen) atoms. The highest BCUT2D eigenvalue weighted by atomic mass is 35.5. The molecule has 1 aliphatic rings. The lowest BCUT2D eigenvalue weighted by molar-refractivity contribution is 0.170. The molecule has 0 spiro atoms. The third-order valence-corrected chi connectivity index (χ3v) is 5.09. The summed E-state index contributed by atoms with van der Waals surface area (Å²) in [5, 5.41) is 11.2. The highest BCUT2D eigenvalue weighted by Crippen LogP contribution is 2.33. The van der Waals surface area contributed by atoms with Crippen LogP contribution in [0.4, 0.5) is 23.0 Å². The van der Waals surface area contributed by atoms with Crippen LogP contribution in [0.5, 0.6) is 0 Å². The number of benzene rings is 1. The number of nitrogens with two attached hydrogens (primary N) is 1. The molecule has 0 atom stereocenters. The van der Waals surface area contributed by atoms with Crippen molar-refractivity contribution in [3.8, 4) is 0 Å². The SMILES string of the molecule is Cc1cc(Cl)ccc1Nc1ncnc(NC2CC(C)(C)NC(C)(C)C2)c1N. The minimum absolute atomic E-state index is 0.0444. The van der Waals surface area contributed by atoms with Gasteiger partial charge in [-0.2, -0.15) is 0 Å². The van der Waals surface area contributed by atoms with Gasteiger partial charge in [-0.25, -0.2) is 9.97 Å². The number of aryl methyl sites for hydroxylation is 1. The largest absolute Gasteiger partial charge is 0.393 e. The summed E-state index contributed by atoms with van der Waals surface area (Å²) in [5.74, 6) is 1.25. The van der Waals surface area contributed by atoms with Crippen molar-refractivity contribution in [2.45, 2.75) is 64.6 Å². The van der Waals surface area contributed by atoms with Gasteiger partial charge in [0.1, 0.15) is 12.0 Å². The predicted molar refractivity (Wildman–Crippen MR) is 114 cm³/mol. The molecule has 0 unspecified atom stereocenters. The zero-order chi connectivity index (χ0) is 19.8. The van der Waals surface area contributed by atoms with E-state index in [9.17, 15) is 0 Å². The van der Waals surface area contributed by atoms with Gasteiger partial charge in [0.05, 0.1) is 0 Å². The molecule has 5 N–H and O–H groups in total. The lowest BCUT2D eigenvalue weighted by atomic mass is 9.79. The van der Waals surface area contributed by atoms with Gasteiger partial charge in [0.25, 0.3) is 0 Å². The fourth-order valence-electron chi connectivity index (χ4n) is 4.12. The Morgan fingerprint density at radius 3 is 2.37 bits per heavy atom. The van der Waals surface area contributed by atoms with Gasteiger partial charge in [-0.3, -0.25) is 0 Å². The van der Waals surface area contributed by atoms with E-state index in [4.69, 9.17) is 17.3 Å². The van der Waals surface area contributed by atoms with Gasteiger partial charge in [-0.15, -0.1) is 0 Å². The minimum atomic E-state index is 0.0444. The van der Waals surface area contributed by atoms with Crippen molar-refractivity contribution in [3.63, 3.8) is 0 Å². The van der Waals surface area contributed by atoms with Crippen molar-refractivity contribution in [3.05, 3.63) is 35.1 Å². The number of rotatable bonds is 4. The number of piperidine rings is 1. The third kappa shape index (κ3) is 4.82. The highest BCUT2D eigenvalue weighted by molar-refractivity contribution is 6.30. The van der Waals surface area contributed by atoms with Crippen molar-refractivity contribution in [1.82, 2.24) is 15.3 Å². The van der Waals surface area contributed by atoms with E-state index in [0.717, 1.165) is 24.1 Å². The fourth-order valence-corrected chi connectivity index (χ4v) is 4.35. The van der Waals surface area contributed by atoms with E-state index in [1.54, 1.807) is 0 Å². The number of nitrogens with zero attached hydrogens (tertiary/aromatic N) is 2. The molecular weight excluding hydrogens is 360 g/mol. The summed E-state index contributed by atoms with van der Waals surface area (Å²) < 4.78 is 0. The van der Waals surface area contributed by atoms with Crippen LogP contribution < -0.4 is 21.7 Å². The lowest BCUT2D eigenvalue weighted by Crippen LogP contribution is -2.60. The van der Waals surface area contributed by atoms with Crippen LogP contribution in [0.2, 0.25) is 5.02 Å². The second-order valence-corrected chi connectivity index (χ2v) is 9.15. The number of aromatic nitrogens is 2. The molecule has 0 radical (unpaired) electrons. The Bertz CT molecular complexity index is 817. The van der Waals surface area contributed by atoms with Crippen molar-refractivity contribution in [1.29, 1.82) is 0 Å². The Kier molecular flexibility index (Phi) is 5.23. The van der Waals surface area contributed by atoms with Gasteiger partial charge < -0.3 is 21.7 Å². The molecular formula is C20H29ClN6. The van der Waals surface area contributed by atoms with Crippen LogP contribution in [0.15, 0.2) is 24.5 Å². The number of halogens is 1. The summed E-state index contributed by atoms with van der Waals surface area (Å²) in [7, 11) is 0. The molecule has 1 fully saturated rings. The number of nitrogens with one attached hydrogen (secondary N) is 3. The van der Waals surface area contributed by atoms with Gasteiger partial charge in [0, 0.05) is 27.8 Å². The second kappa shape index (κ2) is 7.17. The average Bonchev–Trinajstić information content (AvgIpc) is 2.50. The first kappa shape index (κ1) is 19.7. The third-order valence-electron chi connectivity index (χ3n) is 4.86. The summed E-state index contributed by atoms with van der Waals surface area (Å²) in [6.45, 7) is 10.9.